The third-order valence-corrected chi connectivity index (χ3v) is 4.71. The molecule has 5 heteroatoms. The minimum absolute atomic E-state index is 0.221. The van der Waals surface area contributed by atoms with Crippen molar-refractivity contribution in [2.75, 3.05) is 19.7 Å². The predicted octanol–water partition coefficient (Wildman–Crippen LogP) is 2.48. The number of hydrogen-bond acceptors (Lipinski definition) is 4. The molecule has 26 heavy (non-hydrogen) atoms. The number of hydrogen-bond donors (Lipinski definition) is 1. The first kappa shape index (κ1) is 18.1. The molecule has 0 spiro atoms. The van der Waals surface area contributed by atoms with Crippen LogP contribution in [0.5, 0.6) is 0 Å². The molecule has 0 saturated carbocycles. The summed E-state index contributed by atoms with van der Waals surface area (Å²) in [7, 11) is 0. The lowest BCUT2D eigenvalue weighted by atomic mass is 9.86. The summed E-state index contributed by atoms with van der Waals surface area (Å²) in [5.41, 5.74) is -1.15. The van der Waals surface area contributed by atoms with E-state index in [1.165, 1.54) is 0 Å². The standard InChI is InChI=1S/C21H23NO4/c23-19(22-14-8-3-9-15-22)16-26-20(24)21(25,17-10-4-1-5-11-17)18-12-6-2-7-13-18/h1-2,4-7,10-13,25H,3,8-9,14-16H2. The number of piperidine rings is 1. The largest absolute Gasteiger partial charge is 0.453 e. The molecule has 2 aromatic rings. The van der Waals surface area contributed by atoms with Crippen LogP contribution >= 0.6 is 0 Å². The van der Waals surface area contributed by atoms with Crippen LogP contribution in [0.2, 0.25) is 0 Å². The Labute approximate surface area is 153 Å². The topological polar surface area (TPSA) is 66.8 Å². The van der Waals surface area contributed by atoms with Gasteiger partial charge in [-0.15, -0.1) is 0 Å². The molecule has 0 aromatic heterocycles. The van der Waals surface area contributed by atoms with Gasteiger partial charge in [0.05, 0.1) is 0 Å². The van der Waals surface area contributed by atoms with Gasteiger partial charge in [-0.25, -0.2) is 4.79 Å². The van der Waals surface area contributed by atoms with Crippen LogP contribution in [0.1, 0.15) is 30.4 Å². The van der Waals surface area contributed by atoms with E-state index in [4.69, 9.17) is 4.74 Å². The van der Waals surface area contributed by atoms with Crippen molar-refractivity contribution >= 4 is 11.9 Å². The second-order valence-electron chi connectivity index (χ2n) is 6.46. The van der Waals surface area contributed by atoms with E-state index in [-0.39, 0.29) is 12.5 Å². The molecule has 1 aliphatic heterocycles. The van der Waals surface area contributed by atoms with E-state index in [9.17, 15) is 14.7 Å². The molecule has 0 bridgehead atoms. The molecule has 1 saturated heterocycles. The van der Waals surface area contributed by atoms with E-state index >= 15 is 0 Å². The van der Waals surface area contributed by atoms with Crippen molar-refractivity contribution in [2.24, 2.45) is 0 Å². The van der Waals surface area contributed by atoms with Gasteiger partial charge in [0.15, 0.2) is 6.61 Å². The maximum Gasteiger partial charge on any atom is 0.348 e. The molecular weight excluding hydrogens is 330 g/mol. The van der Waals surface area contributed by atoms with Crippen molar-refractivity contribution in [3.05, 3.63) is 71.8 Å². The first-order valence-corrected chi connectivity index (χ1v) is 8.91. The van der Waals surface area contributed by atoms with Gasteiger partial charge in [0.2, 0.25) is 5.60 Å². The summed E-state index contributed by atoms with van der Waals surface area (Å²) in [6.07, 6.45) is 3.06. The van der Waals surface area contributed by atoms with E-state index in [1.54, 1.807) is 65.6 Å². The zero-order valence-electron chi connectivity index (χ0n) is 14.6. The molecule has 0 aliphatic carbocycles. The summed E-state index contributed by atoms with van der Waals surface area (Å²) in [5, 5.41) is 11.2. The quantitative estimate of drug-likeness (QED) is 0.839. The highest BCUT2D eigenvalue weighted by atomic mass is 16.6. The van der Waals surface area contributed by atoms with E-state index in [0.29, 0.717) is 24.2 Å². The number of aliphatic hydroxyl groups is 1. The summed E-state index contributed by atoms with van der Waals surface area (Å²) in [6, 6.07) is 17.3. The maximum absolute atomic E-state index is 12.8. The van der Waals surface area contributed by atoms with Crippen molar-refractivity contribution in [1.82, 2.24) is 4.90 Å². The van der Waals surface area contributed by atoms with Crippen LogP contribution in [0.15, 0.2) is 60.7 Å². The smallest absolute Gasteiger partial charge is 0.348 e. The fraction of sp³-hybridized carbons (Fsp3) is 0.333. The van der Waals surface area contributed by atoms with Crippen LogP contribution in [-0.2, 0) is 19.9 Å². The Morgan fingerprint density at radius 2 is 1.38 bits per heavy atom. The number of carbonyl (C=O) groups excluding carboxylic acids is 2. The van der Waals surface area contributed by atoms with Crippen LogP contribution in [0.3, 0.4) is 0 Å². The minimum Gasteiger partial charge on any atom is -0.453 e. The van der Waals surface area contributed by atoms with Crippen LogP contribution < -0.4 is 0 Å². The highest BCUT2D eigenvalue weighted by molar-refractivity contribution is 5.88. The summed E-state index contributed by atoms with van der Waals surface area (Å²) < 4.78 is 5.25. The van der Waals surface area contributed by atoms with Gasteiger partial charge in [0.1, 0.15) is 0 Å². The Kier molecular flexibility index (Phi) is 5.68. The van der Waals surface area contributed by atoms with E-state index in [1.807, 2.05) is 0 Å². The van der Waals surface area contributed by atoms with Gasteiger partial charge in [0.25, 0.3) is 5.91 Å². The van der Waals surface area contributed by atoms with Crippen LogP contribution in [0.25, 0.3) is 0 Å². The molecule has 3 rings (SSSR count). The molecular formula is C21H23NO4. The molecule has 1 heterocycles. The van der Waals surface area contributed by atoms with Crippen LogP contribution in [-0.4, -0.2) is 41.6 Å². The number of esters is 1. The lowest BCUT2D eigenvalue weighted by Crippen LogP contribution is -2.42. The molecule has 2 aromatic carbocycles. The second kappa shape index (κ2) is 8.15. The van der Waals surface area contributed by atoms with Gasteiger partial charge in [-0.1, -0.05) is 60.7 Å². The van der Waals surface area contributed by atoms with Gasteiger partial charge in [0, 0.05) is 13.1 Å². The van der Waals surface area contributed by atoms with Crippen molar-refractivity contribution < 1.29 is 19.4 Å². The van der Waals surface area contributed by atoms with Crippen LogP contribution in [0.4, 0.5) is 0 Å². The fourth-order valence-corrected chi connectivity index (χ4v) is 3.23. The molecule has 5 nitrogen and oxygen atoms in total. The molecule has 0 atom stereocenters. The average Bonchev–Trinajstić information content (AvgIpc) is 2.73. The highest BCUT2D eigenvalue weighted by Crippen LogP contribution is 2.31. The number of benzene rings is 2. The highest BCUT2D eigenvalue weighted by Gasteiger charge is 2.42. The normalized spacial score (nSPS) is 14.7. The zero-order chi connectivity index (χ0) is 18.4. The third-order valence-electron chi connectivity index (χ3n) is 4.71. The summed E-state index contributed by atoms with van der Waals surface area (Å²) in [5.74, 6) is -1.07. The summed E-state index contributed by atoms with van der Waals surface area (Å²) >= 11 is 0. The van der Waals surface area contributed by atoms with Gasteiger partial charge >= 0.3 is 5.97 Å². The molecule has 0 unspecified atom stereocenters. The third kappa shape index (κ3) is 3.78. The number of nitrogens with zero attached hydrogens (tertiary/aromatic N) is 1. The lowest BCUT2D eigenvalue weighted by molar-refractivity contribution is -0.166. The van der Waals surface area contributed by atoms with Gasteiger partial charge in [-0.2, -0.15) is 0 Å². The SMILES string of the molecule is O=C(COC(=O)C(O)(c1ccccc1)c1ccccc1)N1CCCCC1. The van der Waals surface area contributed by atoms with Crippen molar-refractivity contribution in [1.29, 1.82) is 0 Å². The molecule has 1 amide bonds. The minimum atomic E-state index is -1.95. The fourth-order valence-electron chi connectivity index (χ4n) is 3.23. The zero-order valence-corrected chi connectivity index (χ0v) is 14.6. The molecule has 1 aliphatic rings. The average molecular weight is 353 g/mol. The van der Waals surface area contributed by atoms with Gasteiger partial charge in [-0.3, -0.25) is 4.79 Å². The Balaban J connectivity index is 1.79. The monoisotopic (exact) mass is 353 g/mol. The van der Waals surface area contributed by atoms with E-state index < -0.39 is 11.6 Å². The van der Waals surface area contributed by atoms with E-state index in [2.05, 4.69) is 0 Å². The number of amides is 1. The van der Waals surface area contributed by atoms with E-state index in [0.717, 1.165) is 19.3 Å². The summed E-state index contributed by atoms with van der Waals surface area (Å²) in [4.78, 5) is 26.8. The predicted molar refractivity (Wildman–Crippen MR) is 97.3 cm³/mol. The first-order valence-electron chi connectivity index (χ1n) is 8.91. The number of ether oxygens (including phenoxy) is 1. The Hall–Kier alpha value is -2.66. The number of rotatable bonds is 5. The maximum atomic E-state index is 12.8. The van der Waals surface area contributed by atoms with Gasteiger partial charge < -0.3 is 14.7 Å². The summed E-state index contributed by atoms with van der Waals surface area (Å²) in [6.45, 7) is 1.02. The number of likely N-dealkylation sites (tertiary alicyclic amines) is 1. The second-order valence-corrected chi connectivity index (χ2v) is 6.46. The Bertz CT molecular complexity index is 700. The number of carbonyl (C=O) groups is 2. The van der Waals surface area contributed by atoms with Crippen LogP contribution in [0, 0.1) is 0 Å². The van der Waals surface area contributed by atoms with Gasteiger partial charge in [-0.05, 0) is 30.4 Å². The molecule has 0 radical (unpaired) electrons. The molecule has 136 valence electrons. The van der Waals surface area contributed by atoms with Crippen molar-refractivity contribution in [2.45, 2.75) is 24.9 Å². The Morgan fingerprint density at radius 1 is 0.885 bits per heavy atom. The molecule has 1 fully saturated rings. The Morgan fingerprint density at radius 3 is 1.88 bits per heavy atom. The first-order chi connectivity index (χ1) is 12.6. The lowest BCUT2D eigenvalue weighted by Gasteiger charge is -2.29. The van der Waals surface area contributed by atoms with Crippen molar-refractivity contribution in [3.8, 4) is 0 Å². The van der Waals surface area contributed by atoms with Crippen molar-refractivity contribution in [3.63, 3.8) is 0 Å². The molecule has 1 N–H and O–H groups in total.